The molecule has 2 aliphatic heterocycles. The predicted molar refractivity (Wildman–Crippen MR) is 89.8 cm³/mol. The molecule has 3 atom stereocenters. The normalized spacial score (nSPS) is 28.4. The van der Waals surface area contributed by atoms with Gasteiger partial charge in [-0.2, -0.15) is 0 Å². The van der Waals surface area contributed by atoms with Gasteiger partial charge in [0.15, 0.2) is 0 Å². The summed E-state index contributed by atoms with van der Waals surface area (Å²) >= 11 is 0. The highest BCUT2D eigenvalue weighted by atomic mass is 16.1. The van der Waals surface area contributed by atoms with E-state index in [1.807, 2.05) is 0 Å². The standard InChI is InChI=1S/C19H28N2O/c1-12-5-4-6-18(13(12)2)14(3)20-19(22)11-15-9-16-7-8-17(10-15)21-16/h4-6,14-17,21H,7-11H2,1-3H3,(H,20,22). The predicted octanol–water partition coefficient (Wildman–Crippen LogP) is 3.40. The molecular weight excluding hydrogens is 272 g/mol. The van der Waals surface area contributed by atoms with Crippen LogP contribution in [-0.2, 0) is 4.79 Å². The van der Waals surface area contributed by atoms with E-state index >= 15 is 0 Å². The maximum absolute atomic E-state index is 12.4. The lowest BCUT2D eigenvalue weighted by Crippen LogP contribution is -2.40. The van der Waals surface area contributed by atoms with Crippen molar-refractivity contribution in [1.29, 1.82) is 0 Å². The molecule has 3 nitrogen and oxygen atoms in total. The van der Waals surface area contributed by atoms with Crippen LogP contribution in [-0.4, -0.2) is 18.0 Å². The molecule has 2 fully saturated rings. The summed E-state index contributed by atoms with van der Waals surface area (Å²) in [4.78, 5) is 12.4. The fraction of sp³-hybridized carbons (Fsp3) is 0.632. The number of rotatable bonds is 4. The molecule has 1 amide bonds. The number of carbonyl (C=O) groups excluding carboxylic acids is 1. The summed E-state index contributed by atoms with van der Waals surface area (Å²) in [5.41, 5.74) is 3.81. The second kappa shape index (κ2) is 6.41. The van der Waals surface area contributed by atoms with Crippen LogP contribution >= 0.6 is 0 Å². The Kier molecular flexibility index (Phi) is 4.53. The second-order valence-electron chi connectivity index (χ2n) is 7.26. The van der Waals surface area contributed by atoms with Gasteiger partial charge in [0.2, 0.25) is 5.91 Å². The van der Waals surface area contributed by atoms with Gasteiger partial charge in [-0.05, 0) is 69.1 Å². The SMILES string of the molecule is Cc1cccc(C(C)NC(=O)CC2CC3CCC(C2)N3)c1C. The number of amides is 1. The average molecular weight is 300 g/mol. The highest BCUT2D eigenvalue weighted by Crippen LogP contribution is 2.32. The van der Waals surface area contributed by atoms with E-state index < -0.39 is 0 Å². The summed E-state index contributed by atoms with van der Waals surface area (Å²) in [6, 6.07) is 7.73. The van der Waals surface area contributed by atoms with Gasteiger partial charge in [-0.3, -0.25) is 4.79 Å². The third-order valence-electron chi connectivity index (χ3n) is 5.54. The van der Waals surface area contributed by atoms with E-state index in [-0.39, 0.29) is 11.9 Å². The quantitative estimate of drug-likeness (QED) is 0.895. The van der Waals surface area contributed by atoms with Gasteiger partial charge in [0.1, 0.15) is 0 Å². The Morgan fingerprint density at radius 1 is 1.27 bits per heavy atom. The van der Waals surface area contributed by atoms with Gasteiger partial charge in [0.25, 0.3) is 0 Å². The topological polar surface area (TPSA) is 41.1 Å². The molecule has 0 spiro atoms. The molecule has 0 aliphatic carbocycles. The van der Waals surface area contributed by atoms with Crippen molar-refractivity contribution in [2.45, 2.75) is 71.0 Å². The molecule has 1 aromatic rings. The van der Waals surface area contributed by atoms with Crippen LogP contribution in [0.15, 0.2) is 18.2 Å². The number of fused-ring (bicyclic) bond motifs is 2. The van der Waals surface area contributed by atoms with Gasteiger partial charge >= 0.3 is 0 Å². The van der Waals surface area contributed by atoms with Crippen LogP contribution in [0.2, 0.25) is 0 Å². The van der Waals surface area contributed by atoms with Gasteiger partial charge in [0.05, 0.1) is 6.04 Å². The molecule has 2 bridgehead atoms. The molecule has 3 heteroatoms. The number of piperidine rings is 1. The fourth-order valence-corrected chi connectivity index (χ4v) is 4.23. The summed E-state index contributed by atoms with van der Waals surface area (Å²) in [7, 11) is 0. The molecule has 22 heavy (non-hydrogen) atoms. The monoisotopic (exact) mass is 300 g/mol. The zero-order valence-corrected chi connectivity index (χ0v) is 14.0. The van der Waals surface area contributed by atoms with E-state index in [1.165, 1.54) is 42.4 Å². The van der Waals surface area contributed by atoms with Crippen LogP contribution < -0.4 is 10.6 Å². The molecule has 3 unspecified atom stereocenters. The molecule has 0 saturated carbocycles. The maximum Gasteiger partial charge on any atom is 0.220 e. The van der Waals surface area contributed by atoms with Crippen molar-refractivity contribution in [2.75, 3.05) is 0 Å². The smallest absolute Gasteiger partial charge is 0.220 e. The van der Waals surface area contributed by atoms with E-state index in [0.29, 0.717) is 24.4 Å². The first-order valence-corrected chi connectivity index (χ1v) is 8.64. The minimum atomic E-state index is 0.0887. The molecule has 2 heterocycles. The number of carbonyl (C=O) groups is 1. The van der Waals surface area contributed by atoms with Crippen molar-refractivity contribution >= 4 is 5.91 Å². The Morgan fingerprint density at radius 3 is 2.64 bits per heavy atom. The summed E-state index contributed by atoms with van der Waals surface area (Å²) in [6.07, 6.45) is 5.61. The highest BCUT2D eigenvalue weighted by Gasteiger charge is 2.34. The molecule has 120 valence electrons. The van der Waals surface area contributed by atoms with Crippen LogP contribution in [0.3, 0.4) is 0 Å². The zero-order valence-electron chi connectivity index (χ0n) is 14.0. The Morgan fingerprint density at radius 2 is 1.95 bits per heavy atom. The summed E-state index contributed by atoms with van der Waals surface area (Å²) in [6.45, 7) is 6.35. The van der Waals surface area contributed by atoms with Gasteiger partial charge in [-0.25, -0.2) is 0 Å². The largest absolute Gasteiger partial charge is 0.350 e. The molecule has 2 saturated heterocycles. The Balaban J connectivity index is 1.56. The molecule has 1 aromatic carbocycles. The zero-order chi connectivity index (χ0) is 15.7. The van der Waals surface area contributed by atoms with Crippen molar-refractivity contribution in [3.63, 3.8) is 0 Å². The summed E-state index contributed by atoms with van der Waals surface area (Å²) < 4.78 is 0. The van der Waals surface area contributed by atoms with E-state index in [9.17, 15) is 4.79 Å². The molecule has 3 rings (SSSR count). The van der Waals surface area contributed by atoms with Crippen LogP contribution in [0.1, 0.15) is 61.8 Å². The fourth-order valence-electron chi connectivity index (χ4n) is 4.23. The van der Waals surface area contributed by atoms with Gasteiger partial charge in [-0.15, -0.1) is 0 Å². The van der Waals surface area contributed by atoms with Crippen molar-refractivity contribution < 1.29 is 4.79 Å². The summed E-state index contributed by atoms with van der Waals surface area (Å²) in [5, 5.41) is 6.84. The minimum Gasteiger partial charge on any atom is -0.350 e. The lowest BCUT2D eigenvalue weighted by Gasteiger charge is -2.29. The lowest BCUT2D eigenvalue weighted by atomic mass is 9.89. The maximum atomic E-state index is 12.4. The number of nitrogens with one attached hydrogen (secondary N) is 2. The molecular formula is C19H28N2O. The van der Waals surface area contributed by atoms with Crippen LogP contribution in [0.25, 0.3) is 0 Å². The Hall–Kier alpha value is -1.35. The highest BCUT2D eigenvalue weighted by molar-refractivity contribution is 5.76. The number of benzene rings is 1. The van der Waals surface area contributed by atoms with Crippen molar-refractivity contribution in [3.8, 4) is 0 Å². The lowest BCUT2D eigenvalue weighted by molar-refractivity contribution is -0.122. The van der Waals surface area contributed by atoms with Crippen LogP contribution in [0.5, 0.6) is 0 Å². The Bertz CT molecular complexity index is 542. The van der Waals surface area contributed by atoms with Crippen LogP contribution in [0, 0.1) is 19.8 Å². The first kappa shape index (κ1) is 15.5. The number of hydrogen-bond donors (Lipinski definition) is 2. The van der Waals surface area contributed by atoms with Gasteiger partial charge in [-0.1, -0.05) is 18.2 Å². The van der Waals surface area contributed by atoms with Gasteiger partial charge in [0, 0.05) is 18.5 Å². The second-order valence-corrected chi connectivity index (χ2v) is 7.26. The number of aryl methyl sites for hydroxylation is 1. The van der Waals surface area contributed by atoms with E-state index in [1.54, 1.807) is 0 Å². The van der Waals surface area contributed by atoms with Crippen molar-refractivity contribution in [3.05, 3.63) is 34.9 Å². The molecule has 0 radical (unpaired) electrons. The minimum absolute atomic E-state index is 0.0887. The molecule has 0 aromatic heterocycles. The van der Waals surface area contributed by atoms with Crippen molar-refractivity contribution in [2.24, 2.45) is 5.92 Å². The third-order valence-corrected chi connectivity index (χ3v) is 5.54. The first-order chi connectivity index (χ1) is 10.5. The average Bonchev–Trinajstić information content (AvgIpc) is 2.80. The summed E-state index contributed by atoms with van der Waals surface area (Å²) in [5.74, 6) is 0.768. The third kappa shape index (κ3) is 3.35. The first-order valence-electron chi connectivity index (χ1n) is 8.64. The van der Waals surface area contributed by atoms with E-state index in [0.717, 1.165) is 0 Å². The Labute approximate surface area is 133 Å². The van der Waals surface area contributed by atoms with E-state index in [2.05, 4.69) is 49.6 Å². The van der Waals surface area contributed by atoms with Crippen LogP contribution in [0.4, 0.5) is 0 Å². The van der Waals surface area contributed by atoms with E-state index in [4.69, 9.17) is 0 Å². The molecule has 2 aliphatic rings. The van der Waals surface area contributed by atoms with Crippen molar-refractivity contribution in [1.82, 2.24) is 10.6 Å². The number of hydrogen-bond acceptors (Lipinski definition) is 2. The molecule has 2 N–H and O–H groups in total. The van der Waals surface area contributed by atoms with Gasteiger partial charge < -0.3 is 10.6 Å².